The lowest BCUT2D eigenvalue weighted by Gasteiger charge is -2.21. The molecular formula is C20H21N3O. The maximum atomic E-state index is 12.5. The lowest BCUT2D eigenvalue weighted by molar-refractivity contribution is -0.121. The zero-order valence-corrected chi connectivity index (χ0v) is 13.7. The number of carbonyl (C=O) groups is 1. The molecule has 4 nitrogen and oxygen atoms in total. The summed E-state index contributed by atoms with van der Waals surface area (Å²) in [5.74, 6) is 0.0285. The molecule has 0 saturated carbocycles. The minimum absolute atomic E-state index is 0.00454. The average Bonchev–Trinajstić information content (AvgIpc) is 3.14. The number of nitrogens with zero attached hydrogens (tertiary/aromatic N) is 2. The third-order valence-electron chi connectivity index (χ3n) is 4.13. The number of carbonyl (C=O) groups excluding carboxylic acids is 1. The number of hydrogen-bond donors (Lipinski definition) is 1. The molecule has 1 N–H and O–H groups in total. The molecule has 0 radical (unpaired) electrons. The van der Waals surface area contributed by atoms with Gasteiger partial charge in [-0.3, -0.25) is 9.78 Å². The van der Waals surface area contributed by atoms with Gasteiger partial charge < -0.3 is 9.88 Å². The maximum absolute atomic E-state index is 12.5. The first-order chi connectivity index (χ1) is 11.7. The van der Waals surface area contributed by atoms with Crippen molar-refractivity contribution in [3.63, 3.8) is 0 Å². The smallest absolute Gasteiger partial charge is 0.222 e. The van der Waals surface area contributed by atoms with E-state index in [9.17, 15) is 4.79 Å². The topological polar surface area (TPSA) is 46.9 Å². The van der Waals surface area contributed by atoms with E-state index in [1.165, 1.54) is 11.1 Å². The van der Waals surface area contributed by atoms with Gasteiger partial charge in [0.1, 0.15) is 0 Å². The second kappa shape index (κ2) is 7.59. The molecule has 0 spiro atoms. The van der Waals surface area contributed by atoms with Gasteiger partial charge in [0.15, 0.2) is 0 Å². The monoisotopic (exact) mass is 319 g/mol. The maximum Gasteiger partial charge on any atom is 0.222 e. The fourth-order valence-corrected chi connectivity index (χ4v) is 2.84. The molecule has 2 aromatic heterocycles. The van der Waals surface area contributed by atoms with Crippen molar-refractivity contribution >= 4 is 5.91 Å². The second-order valence-electron chi connectivity index (χ2n) is 5.84. The molecule has 1 aromatic carbocycles. The van der Waals surface area contributed by atoms with Gasteiger partial charge in [-0.2, -0.15) is 0 Å². The lowest BCUT2D eigenvalue weighted by atomic mass is 9.98. The van der Waals surface area contributed by atoms with E-state index in [2.05, 4.69) is 33.9 Å². The Hall–Kier alpha value is -2.88. The fraction of sp³-hybridized carbons (Fsp3) is 0.200. The van der Waals surface area contributed by atoms with Crippen LogP contribution in [0.5, 0.6) is 0 Å². The Kier molecular flexibility index (Phi) is 5.06. The number of hydrogen-bond acceptors (Lipinski definition) is 2. The lowest BCUT2D eigenvalue weighted by Crippen LogP contribution is -2.26. The van der Waals surface area contributed by atoms with E-state index in [1.54, 1.807) is 12.4 Å². The van der Waals surface area contributed by atoms with Crippen LogP contribution in [0.4, 0.5) is 0 Å². The molecule has 0 saturated heterocycles. The van der Waals surface area contributed by atoms with Crippen molar-refractivity contribution in [2.24, 2.45) is 0 Å². The van der Waals surface area contributed by atoms with Crippen LogP contribution in [0.25, 0.3) is 0 Å². The highest BCUT2D eigenvalue weighted by Gasteiger charge is 2.18. The third-order valence-corrected chi connectivity index (χ3v) is 4.13. The summed E-state index contributed by atoms with van der Waals surface area (Å²) in [6.07, 6.45) is 7.91. The van der Waals surface area contributed by atoms with Gasteiger partial charge in [0, 0.05) is 31.3 Å². The van der Waals surface area contributed by atoms with Gasteiger partial charge in [0.2, 0.25) is 5.91 Å². The number of nitrogens with one attached hydrogen (secondary N) is 1. The van der Waals surface area contributed by atoms with Gasteiger partial charge in [0.25, 0.3) is 0 Å². The number of rotatable bonds is 6. The molecule has 3 aromatic rings. The molecule has 4 heteroatoms. The van der Waals surface area contributed by atoms with Gasteiger partial charge in [-0.15, -0.1) is 0 Å². The Morgan fingerprint density at radius 3 is 2.62 bits per heavy atom. The van der Waals surface area contributed by atoms with Crippen LogP contribution in [0.15, 0.2) is 73.3 Å². The van der Waals surface area contributed by atoms with Crippen LogP contribution < -0.4 is 5.32 Å². The Bertz CT molecular complexity index is 782. The van der Waals surface area contributed by atoms with Crippen molar-refractivity contribution in [2.75, 3.05) is 0 Å². The zero-order chi connectivity index (χ0) is 16.8. The zero-order valence-electron chi connectivity index (χ0n) is 13.7. The van der Waals surface area contributed by atoms with Crippen molar-refractivity contribution in [2.45, 2.75) is 25.9 Å². The van der Waals surface area contributed by atoms with Crippen molar-refractivity contribution in [1.29, 1.82) is 0 Å². The largest absolute Gasteiger partial charge is 0.352 e. The fourth-order valence-electron chi connectivity index (χ4n) is 2.84. The van der Waals surface area contributed by atoms with Gasteiger partial charge in [-0.25, -0.2) is 0 Å². The van der Waals surface area contributed by atoms with Crippen molar-refractivity contribution in [3.05, 3.63) is 90.0 Å². The summed E-state index contributed by atoms with van der Waals surface area (Å²) < 4.78 is 2.09. The van der Waals surface area contributed by atoms with Gasteiger partial charge in [-0.05, 0) is 41.8 Å². The van der Waals surface area contributed by atoms with Crippen LogP contribution in [0, 0.1) is 6.92 Å². The van der Waals surface area contributed by atoms with Crippen LogP contribution in [0.2, 0.25) is 0 Å². The summed E-state index contributed by atoms with van der Waals surface area (Å²) in [6.45, 7) is 2.58. The average molecular weight is 319 g/mol. The van der Waals surface area contributed by atoms with E-state index in [1.807, 2.05) is 48.8 Å². The number of amides is 1. The number of pyridine rings is 1. The molecule has 1 amide bonds. The quantitative estimate of drug-likeness (QED) is 0.756. The summed E-state index contributed by atoms with van der Waals surface area (Å²) in [7, 11) is 0. The van der Waals surface area contributed by atoms with E-state index in [4.69, 9.17) is 0 Å². The van der Waals surface area contributed by atoms with Crippen LogP contribution in [0.3, 0.4) is 0 Å². The van der Waals surface area contributed by atoms with Crippen molar-refractivity contribution in [1.82, 2.24) is 14.9 Å². The van der Waals surface area contributed by atoms with Gasteiger partial charge in [-0.1, -0.05) is 30.3 Å². The molecular weight excluding hydrogens is 298 g/mol. The van der Waals surface area contributed by atoms with Crippen molar-refractivity contribution < 1.29 is 4.79 Å². The summed E-state index contributed by atoms with van der Waals surface area (Å²) in [4.78, 5) is 16.5. The predicted molar refractivity (Wildman–Crippen MR) is 94.5 cm³/mol. The van der Waals surface area contributed by atoms with E-state index in [0.29, 0.717) is 13.0 Å². The minimum Gasteiger partial charge on any atom is -0.352 e. The Morgan fingerprint density at radius 2 is 1.92 bits per heavy atom. The first-order valence-corrected chi connectivity index (χ1v) is 8.07. The molecule has 24 heavy (non-hydrogen) atoms. The van der Waals surface area contributed by atoms with E-state index >= 15 is 0 Å². The molecule has 0 fully saturated rings. The van der Waals surface area contributed by atoms with E-state index < -0.39 is 0 Å². The molecule has 0 bridgehead atoms. The normalized spacial score (nSPS) is 11.9. The molecule has 122 valence electrons. The molecule has 3 rings (SSSR count). The van der Waals surface area contributed by atoms with Crippen molar-refractivity contribution in [3.8, 4) is 0 Å². The number of benzene rings is 1. The highest BCUT2D eigenvalue weighted by Crippen LogP contribution is 2.25. The molecule has 0 aliphatic rings. The molecule has 1 atom stereocenters. The van der Waals surface area contributed by atoms with E-state index in [-0.39, 0.29) is 11.9 Å². The second-order valence-corrected chi connectivity index (χ2v) is 5.84. The standard InChI is InChI=1S/C20H21N3O/c1-16-7-2-3-9-18(16)19(23-11-4-5-12-23)13-20(24)22-15-17-8-6-10-21-14-17/h2-12,14,19H,13,15H2,1H3,(H,22,24). The summed E-state index contributed by atoms with van der Waals surface area (Å²) in [5, 5.41) is 2.99. The molecule has 1 unspecified atom stereocenters. The Morgan fingerprint density at radius 1 is 1.12 bits per heavy atom. The van der Waals surface area contributed by atoms with Crippen LogP contribution >= 0.6 is 0 Å². The first kappa shape index (κ1) is 16.0. The summed E-state index contributed by atoms with van der Waals surface area (Å²) in [6, 6.07) is 16.0. The molecule has 0 aliphatic carbocycles. The third kappa shape index (κ3) is 3.90. The van der Waals surface area contributed by atoms with Crippen LogP contribution in [-0.2, 0) is 11.3 Å². The first-order valence-electron chi connectivity index (χ1n) is 8.07. The Labute approximate surface area is 142 Å². The van der Waals surface area contributed by atoms with E-state index in [0.717, 1.165) is 5.56 Å². The predicted octanol–water partition coefficient (Wildman–Crippen LogP) is 3.49. The van der Waals surface area contributed by atoms with Crippen LogP contribution in [-0.4, -0.2) is 15.5 Å². The Balaban J connectivity index is 1.73. The molecule has 2 heterocycles. The summed E-state index contributed by atoms with van der Waals surface area (Å²) >= 11 is 0. The highest BCUT2D eigenvalue weighted by molar-refractivity contribution is 5.77. The number of aromatic nitrogens is 2. The van der Waals surface area contributed by atoms with Crippen LogP contribution in [0.1, 0.15) is 29.2 Å². The van der Waals surface area contributed by atoms with Gasteiger partial charge >= 0.3 is 0 Å². The van der Waals surface area contributed by atoms with Gasteiger partial charge in [0.05, 0.1) is 12.5 Å². The number of aryl methyl sites for hydroxylation is 1. The highest BCUT2D eigenvalue weighted by atomic mass is 16.1. The summed E-state index contributed by atoms with van der Waals surface area (Å²) in [5.41, 5.74) is 3.36. The molecule has 0 aliphatic heterocycles. The SMILES string of the molecule is Cc1ccccc1C(CC(=O)NCc1cccnc1)n1cccc1. The minimum atomic E-state index is -0.00454.